The lowest BCUT2D eigenvalue weighted by molar-refractivity contribution is -0.174. The Morgan fingerprint density at radius 3 is 2.52 bits per heavy atom. The molecule has 6 nitrogen and oxygen atoms in total. The number of esters is 1. The van der Waals surface area contributed by atoms with Crippen molar-refractivity contribution in [2.45, 2.75) is 19.4 Å². The maximum atomic E-state index is 12.1. The maximum absolute atomic E-state index is 12.1. The van der Waals surface area contributed by atoms with E-state index in [1.54, 1.807) is 25.3 Å². The highest BCUT2D eigenvalue weighted by molar-refractivity contribution is 5.80. The van der Waals surface area contributed by atoms with Crippen molar-refractivity contribution >= 4 is 11.9 Å². The van der Waals surface area contributed by atoms with E-state index in [2.05, 4.69) is 0 Å². The van der Waals surface area contributed by atoms with Crippen LogP contribution in [-0.4, -0.2) is 30.6 Å². The quantitative estimate of drug-likeness (QED) is 0.572. The van der Waals surface area contributed by atoms with Gasteiger partial charge in [-0.3, -0.25) is 9.59 Å². The highest BCUT2D eigenvalue weighted by Gasteiger charge is 2.26. The van der Waals surface area contributed by atoms with Gasteiger partial charge in [0.15, 0.2) is 5.75 Å². The van der Waals surface area contributed by atoms with Crippen LogP contribution in [0.3, 0.4) is 0 Å². The molecule has 0 N–H and O–H groups in total. The third kappa shape index (κ3) is 4.29. The minimum absolute atomic E-state index is 0.0584. The van der Waals surface area contributed by atoms with Gasteiger partial charge in [-0.15, -0.1) is 0 Å². The van der Waals surface area contributed by atoms with Crippen LogP contribution >= 0.6 is 0 Å². The van der Waals surface area contributed by atoms with E-state index in [0.29, 0.717) is 24.3 Å². The Morgan fingerprint density at radius 1 is 1.12 bits per heavy atom. The number of hydrogen-bond acceptors (Lipinski definition) is 5. The normalized spacial score (nSPS) is 13.2. The number of rotatable bonds is 7. The summed E-state index contributed by atoms with van der Waals surface area (Å²) in [6, 6.07) is 14.5. The predicted molar refractivity (Wildman–Crippen MR) is 89.9 cm³/mol. The smallest absolute Gasteiger partial charge is 0.310 e. The molecule has 2 aromatic rings. The van der Waals surface area contributed by atoms with Crippen LogP contribution in [0.1, 0.15) is 17.5 Å². The van der Waals surface area contributed by atoms with Crippen LogP contribution in [-0.2, 0) is 27.4 Å². The minimum atomic E-state index is -0.359. The number of carbonyl (C=O) groups excluding carboxylic acids is 2. The largest absolute Gasteiger partial charge is 0.497 e. The second-order valence-electron chi connectivity index (χ2n) is 5.63. The number of carbonyl (C=O) groups is 2. The van der Waals surface area contributed by atoms with Crippen molar-refractivity contribution in [3.8, 4) is 11.5 Å². The molecule has 25 heavy (non-hydrogen) atoms. The summed E-state index contributed by atoms with van der Waals surface area (Å²) in [5.41, 5.74) is 1.56. The highest BCUT2D eigenvalue weighted by atomic mass is 16.7. The van der Waals surface area contributed by atoms with E-state index in [4.69, 9.17) is 14.3 Å². The first-order chi connectivity index (χ1) is 12.2. The van der Waals surface area contributed by atoms with Crippen molar-refractivity contribution in [1.29, 1.82) is 0 Å². The Bertz CT molecular complexity index is 757. The molecule has 130 valence electrons. The third-order valence-corrected chi connectivity index (χ3v) is 3.88. The maximum Gasteiger partial charge on any atom is 0.310 e. The van der Waals surface area contributed by atoms with E-state index in [1.807, 2.05) is 30.3 Å². The second-order valence-corrected chi connectivity index (χ2v) is 5.63. The second kappa shape index (κ2) is 7.70. The molecule has 0 aromatic heterocycles. The summed E-state index contributed by atoms with van der Waals surface area (Å²) in [6.07, 6.45) is 0.570. The summed E-state index contributed by atoms with van der Waals surface area (Å²) >= 11 is 0. The fraction of sp³-hybridized carbons (Fsp3) is 0.263. The molecule has 1 aliphatic rings. The highest BCUT2D eigenvalue weighted by Crippen LogP contribution is 2.23. The molecule has 0 radical (unpaired) electrons. The minimum Gasteiger partial charge on any atom is -0.497 e. The average molecular weight is 341 g/mol. The molecule has 1 amide bonds. The Labute approximate surface area is 145 Å². The first kappa shape index (κ1) is 16.8. The van der Waals surface area contributed by atoms with E-state index >= 15 is 0 Å². The average Bonchev–Trinajstić information content (AvgIpc) is 2.64. The van der Waals surface area contributed by atoms with Gasteiger partial charge in [-0.2, -0.15) is 5.06 Å². The van der Waals surface area contributed by atoms with Gasteiger partial charge in [-0.05, 0) is 23.8 Å². The number of benzene rings is 2. The van der Waals surface area contributed by atoms with Crippen LogP contribution < -0.4 is 9.57 Å². The Morgan fingerprint density at radius 2 is 1.88 bits per heavy atom. The number of hydroxylamine groups is 2. The molecule has 0 saturated carbocycles. The summed E-state index contributed by atoms with van der Waals surface area (Å²) in [7, 11) is 1.60. The molecule has 1 fully saturated rings. The Kier molecular flexibility index (Phi) is 5.18. The van der Waals surface area contributed by atoms with E-state index in [9.17, 15) is 9.59 Å². The van der Waals surface area contributed by atoms with Crippen LogP contribution in [0.4, 0.5) is 0 Å². The molecule has 0 aliphatic carbocycles. The molecule has 3 rings (SSSR count). The number of nitrogens with zero attached hydrogens (tertiary/aromatic N) is 1. The van der Waals surface area contributed by atoms with Crippen molar-refractivity contribution in [3.05, 3.63) is 59.7 Å². The van der Waals surface area contributed by atoms with Gasteiger partial charge in [0.1, 0.15) is 12.4 Å². The summed E-state index contributed by atoms with van der Waals surface area (Å²) in [5, 5.41) is 1.29. The molecule has 0 spiro atoms. The molecule has 0 bridgehead atoms. The number of ether oxygens (including phenoxy) is 2. The zero-order valence-electron chi connectivity index (χ0n) is 13.9. The number of para-hydroxylation sites is 1. The first-order valence-corrected chi connectivity index (χ1v) is 8.00. The Balaban J connectivity index is 1.56. The molecule has 0 atom stereocenters. The van der Waals surface area contributed by atoms with Crippen LogP contribution in [0.2, 0.25) is 0 Å². The monoisotopic (exact) mass is 341 g/mol. The fourth-order valence-electron chi connectivity index (χ4n) is 2.34. The van der Waals surface area contributed by atoms with Gasteiger partial charge in [-0.1, -0.05) is 30.3 Å². The van der Waals surface area contributed by atoms with Crippen LogP contribution in [0.5, 0.6) is 11.5 Å². The van der Waals surface area contributed by atoms with E-state index < -0.39 is 0 Å². The number of hydrogen-bond donors (Lipinski definition) is 0. The van der Waals surface area contributed by atoms with Gasteiger partial charge in [0.2, 0.25) is 0 Å². The van der Waals surface area contributed by atoms with Crippen molar-refractivity contribution in [2.75, 3.05) is 13.7 Å². The molecular formula is C19H19NO5. The fourth-order valence-corrected chi connectivity index (χ4v) is 2.34. The molecular weight excluding hydrogens is 322 g/mol. The van der Waals surface area contributed by atoms with Gasteiger partial charge in [0.05, 0.1) is 26.5 Å². The lowest BCUT2D eigenvalue weighted by atomic mass is 10.1. The van der Waals surface area contributed by atoms with Crippen molar-refractivity contribution in [2.24, 2.45) is 0 Å². The van der Waals surface area contributed by atoms with Gasteiger partial charge in [-0.25, -0.2) is 0 Å². The molecule has 1 heterocycles. The lowest BCUT2D eigenvalue weighted by Crippen LogP contribution is -2.45. The summed E-state index contributed by atoms with van der Waals surface area (Å²) in [5.74, 6) is 0.831. The summed E-state index contributed by atoms with van der Waals surface area (Å²) in [6.45, 7) is 0.756. The number of methoxy groups -OCH3 is 1. The first-order valence-electron chi connectivity index (χ1n) is 8.00. The topological polar surface area (TPSA) is 65.1 Å². The lowest BCUT2D eigenvalue weighted by Gasteiger charge is -2.30. The number of amides is 1. The van der Waals surface area contributed by atoms with Gasteiger partial charge < -0.3 is 14.3 Å². The zero-order chi connectivity index (χ0) is 17.6. The van der Waals surface area contributed by atoms with Gasteiger partial charge in [0.25, 0.3) is 5.91 Å². The van der Waals surface area contributed by atoms with Crippen molar-refractivity contribution < 1.29 is 23.9 Å². The predicted octanol–water partition coefficient (Wildman–Crippen LogP) is 2.51. The SMILES string of the molecule is COc1ccc(COC(=O)Cc2ccccc2ON2CCC2=O)cc1. The van der Waals surface area contributed by atoms with E-state index in [1.165, 1.54) is 5.06 Å². The number of β-lactam (4-membered cyclic amide) rings is 1. The van der Waals surface area contributed by atoms with Crippen molar-refractivity contribution in [3.63, 3.8) is 0 Å². The molecule has 0 unspecified atom stereocenters. The van der Waals surface area contributed by atoms with Crippen LogP contribution in [0, 0.1) is 0 Å². The summed E-state index contributed by atoms with van der Waals surface area (Å²) < 4.78 is 10.4. The molecule has 1 aliphatic heterocycles. The molecule has 6 heteroatoms. The van der Waals surface area contributed by atoms with E-state index in [0.717, 1.165) is 11.3 Å². The molecule has 2 aromatic carbocycles. The summed E-state index contributed by atoms with van der Waals surface area (Å²) in [4.78, 5) is 29.0. The standard InChI is InChI=1S/C19H19NO5/c1-23-16-8-6-14(7-9-16)13-24-19(22)12-15-4-2-3-5-17(15)25-20-11-10-18(20)21/h2-9H,10-13H2,1H3. The van der Waals surface area contributed by atoms with E-state index in [-0.39, 0.29) is 24.9 Å². The molecule has 1 saturated heterocycles. The van der Waals surface area contributed by atoms with Gasteiger partial charge in [0, 0.05) is 5.56 Å². The zero-order valence-corrected chi connectivity index (χ0v) is 13.9. The third-order valence-electron chi connectivity index (χ3n) is 3.88. The van der Waals surface area contributed by atoms with Crippen LogP contribution in [0.25, 0.3) is 0 Å². The van der Waals surface area contributed by atoms with Gasteiger partial charge >= 0.3 is 5.97 Å². The van der Waals surface area contributed by atoms with Crippen LogP contribution in [0.15, 0.2) is 48.5 Å². The Hall–Kier alpha value is -3.02. The van der Waals surface area contributed by atoms with Crippen molar-refractivity contribution in [1.82, 2.24) is 5.06 Å².